The normalized spacial score (nSPS) is 12.9. The maximum Gasteiger partial charge on any atom is 0.145 e. The zero-order valence-electron chi connectivity index (χ0n) is 13.5. The highest BCUT2D eigenvalue weighted by Crippen LogP contribution is 2.29. The summed E-state index contributed by atoms with van der Waals surface area (Å²) in [6, 6.07) is 23.6. The van der Waals surface area contributed by atoms with Gasteiger partial charge in [0.05, 0.1) is 6.54 Å². The van der Waals surface area contributed by atoms with E-state index in [0.29, 0.717) is 0 Å². The number of rotatable bonds is 2. The maximum atomic E-state index is 2.35. The second-order valence-electron chi connectivity index (χ2n) is 6.12. The highest BCUT2D eigenvalue weighted by atomic mass is 15.3. The second-order valence-corrected chi connectivity index (χ2v) is 6.12. The molecule has 0 atom stereocenters. The first-order valence-corrected chi connectivity index (χ1v) is 8.01. The van der Waals surface area contributed by atoms with Crippen LogP contribution in [-0.4, -0.2) is 0 Å². The quantitative estimate of drug-likeness (QED) is 0.507. The molecule has 2 nitrogen and oxygen atoms in total. The molecule has 0 unspecified atom stereocenters. The van der Waals surface area contributed by atoms with Crippen molar-refractivity contribution in [2.24, 2.45) is 0 Å². The third kappa shape index (κ3) is 2.36. The van der Waals surface area contributed by atoms with Gasteiger partial charge in [0.2, 0.25) is 0 Å². The van der Waals surface area contributed by atoms with Crippen LogP contribution in [0.25, 0.3) is 11.3 Å². The van der Waals surface area contributed by atoms with Gasteiger partial charge < -0.3 is 9.47 Å². The molecule has 0 saturated carbocycles. The molecule has 1 aliphatic rings. The predicted molar refractivity (Wildman–Crippen MR) is 93.9 cm³/mol. The van der Waals surface area contributed by atoms with Crippen LogP contribution in [0.15, 0.2) is 66.7 Å². The molecule has 0 bridgehead atoms. The highest BCUT2D eigenvalue weighted by molar-refractivity contribution is 5.61. The number of nitrogens with zero attached hydrogens (tertiary/aromatic N) is 2. The number of fused-ring (bicyclic) bond motifs is 1. The van der Waals surface area contributed by atoms with Crippen LogP contribution in [0.1, 0.15) is 16.8 Å². The Morgan fingerprint density at radius 2 is 1.52 bits per heavy atom. The van der Waals surface area contributed by atoms with Gasteiger partial charge in [0.1, 0.15) is 18.1 Å². The van der Waals surface area contributed by atoms with E-state index in [0.717, 1.165) is 6.54 Å². The molecule has 0 saturated heterocycles. The first-order chi connectivity index (χ1) is 11.2. The molecule has 0 spiro atoms. The lowest BCUT2D eigenvalue weighted by Gasteiger charge is -2.22. The molecular formula is C21H20N2. The molecule has 0 amide bonds. The summed E-state index contributed by atoms with van der Waals surface area (Å²) in [5.74, 6) is 0. The number of hydrogen-bond donors (Lipinski definition) is 0. The fourth-order valence-electron chi connectivity index (χ4n) is 3.43. The molecule has 2 heterocycles. The number of benzene rings is 2. The van der Waals surface area contributed by atoms with Gasteiger partial charge in [-0.25, -0.2) is 0 Å². The average Bonchev–Trinajstić information content (AvgIpc) is 2.99. The molecule has 114 valence electrons. The van der Waals surface area contributed by atoms with Crippen LogP contribution >= 0.6 is 0 Å². The number of aryl methyl sites for hydroxylation is 2. The summed E-state index contributed by atoms with van der Waals surface area (Å²) in [4.78, 5) is 2.35. The third-order valence-corrected chi connectivity index (χ3v) is 4.50. The largest absolute Gasteiger partial charge is 0.348 e. The van der Waals surface area contributed by atoms with Gasteiger partial charge in [0, 0.05) is 5.69 Å². The predicted octanol–water partition coefficient (Wildman–Crippen LogP) is 4.25. The van der Waals surface area contributed by atoms with E-state index in [1.54, 1.807) is 0 Å². The minimum atomic E-state index is 0.909. The van der Waals surface area contributed by atoms with E-state index >= 15 is 0 Å². The number of anilines is 1. The van der Waals surface area contributed by atoms with Crippen LogP contribution in [0.3, 0.4) is 0 Å². The van der Waals surface area contributed by atoms with Crippen molar-refractivity contribution in [3.05, 3.63) is 90.2 Å². The van der Waals surface area contributed by atoms with E-state index in [4.69, 9.17) is 0 Å². The molecule has 3 aromatic rings. The van der Waals surface area contributed by atoms with Crippen LogP contribution in [0.4, 0.5) is 5.69 Å². The summed E-state index contributed by atoms with van der Waals surface area (Å²) in [5, 5.41) is 0. The Morgan fingerprint density at radius 3 is 2.26 bits per heavy atom. The lowest BCUT2D eigenvalue weighted by atomic mass is 10.1. The Labute approximate surface area is 137 Å². The number of pyridine rings is 1. The molecular weight excluding hydrogens is 280 g/mol. The van der Waals surface area contributed by atoms with Crippen molar-refractivity contribution in [2.45, 2.75) is 20.4 Å². The van der Waals surface area contributed by atoms with Gasteiger partial charge in [-0.3, -0.25) is 0 Å². The van der Waals surface area contributed by atoms with Gasteiger partial charge in [0.15, 0.2) is 0 Å². The smallest absolute Gasteiger partial charge is 0.145 e. The summed E-state index contributed by atoms with van der Waals surface area (Å²) in [6.07, 6.45) is 0. The second kappa shape index (κ2) is 5.47. The third-order valence-electron chi connectivity index (χ3n) is 4.50. The monoisotopic (exact) mass is 300 g/mol. The lowest BCUT2D eigenvalue weighted by Crippen LogP contribution is -2.36. The van der Waals surface area contributed by atoms with Crippen LogP contribution < -0.4 is 9.47 Å². The van der Waals surface area contributed by atoms with Gasteiger partial charge in [0.25, 0.3) is 0 Å². The molecule has 0 fully saturated rings. The Morgan fingerprint density at radius 1 is 0.826 bits per heavy atom. The van der Waals surface area contributed by atoms with Crippen molar-refractivity contribution in [2.75, 3.05) is 4.90 Å². The Bertz CT molecular complexity index is 833. The van der Waals surface area contributed by atoms with Crippen molar-refractivity contribution in [1.29, 1.82) is 0 Å². The van der Waals surface area contributed by atoms with Crippen molar-refractivity contribution < 1.29 is 4.57 Å². The Hall–Kier alpha value is -2.74. The van der Waals surface area contributed by atoms with Crippen molar-refractivity contribution in [3.63, 3.8) is 0 Å². The highest BCUT2D eigenvalue weighted by Gasteiger charge is 2.24. The molecule has 1 aliphatic heterocycles. The topological polar surface area (TPSA) is 7.12 Å². The van der Waals surface area contributed by atoms with Gasteiger partial charge in [-0.2, -0.15) is 0 Å². The van der Waals surface area contributed by atoms with Gasteiger partial charge in [-0.1, -0.05) is 60.7 Å². The number of hydrogen-bond acceptors (Lipinski definition) is 1. The standard InChI is InChI=1S/C21H20N2/c1-16-8-6-9-17(2)21(16)22-14-19-12-7-13-20(23(19)15-22)18-10-4-3-5-11-18/h3-13,15H,14H2,1-2H3. The Kier molecular flexibility index (Phi) is 3.30. The number of aromatic nitrogens is 1. The average molecular weight is 300 g/mol. The van der Waals surface area contributed by atoms with Crippen molar-refractivity contribution >= 4 is 5.69 Å². The minimum absolute atomic E-state index is 0.909. The number of para-hydroxylation sites is 1. The van der Waals surface area contributed by atoms with Crippen molar-refractivity contribution in [1.82, 2.24) is 0 Å². The first-order valence-electron chi connectivity index (χ1n) is 8.01. The molecule has 4 rings (SSSR count). The molecule has 0 aliphatic carbocycles. The molecule has 23 heavy (non-hydrogen) atoms. The van der Waals surface area contributed by atoms with E-state index < -0.39 is 0 Å². The molecule has 0 N–H and O–H groups in total. The maximum absolute atomic E-state index is 2.35. The zero-order valence-corrected chi connectivity index (χ0v) is 13.5. The summed E-state index contributed by atoms with van der Waals surface area (Å²) < 4.78 is 2.31. The van der Waals surface area contributed by atoms with E-state index in [2.05, 4.69) is 96.7 Å². The van der Waals surface area contributed by atoms with Gasteiger partial charge >= 0.3 is 0 Å². The minimum Gasteiger partial charge on any atom is -0.348 e. The lowest BCUT2D eigenvalue weighted by molar-refractivity contribution is -0.618. The fraction of sp³-hybridized carbons (Fsp3) is 0.143. The molecule has 2 aromatic carbocycles. The first kappa shape index (κ1) is 13.9. The van der Waals surface area contributed by atoms with Crippen LogP contribution in [0.5, 0.6) is 0 Å². The summed E-state index contributed by atoms with van der Waals surface area (Å²) in [6.45, 7) is 7.50. The van der Waals surface area contributed by atoms with E-state index in [1.165, 1.54) is 33.8 Å². The van der Waals surface area contributed by atoms with E-state index in [9.17, 15) is 0 Å². The summed E-state index contributed by atoms with van der Waals surface area (Å²) in [5.41, 5.74) is 7.74. The van der Waals surface area contributed by atoms with E-state index in [-0.39, 0.29) is 0 Å². The van der Waals surface area contributed by atoms with Gasteiger partial charge in [-0.05, 0) is 36.6 Å². The molecule has 1 aromatic heterocycles. The summed E-state index contributed by atoms with van der Waals surface area (Å²) >= 11 is 0. The SMILES string of the molecule is Cc1cccc(C)c1N1[CH-][n+]2c(cccc2-c2ccccc2)C1. The molecule has 0 radical (unpaired) electrons. The Balaban J connectivity index is 1.76. The van der Waals surface area contributed by atoms with Crippen molar-refractivity contribution in [3.8, 4) is 11.3 Å². The van der Waals surface area contributed by atoms with Gasteiger partial charge in [-0.15, -0.1) is 0 Å². The van der Waals surface area contributed by atoms with Crippen LogP contribution in [0.2, 0.25) is 0 Å². The zero-order chi connectivity index (χ0) is 15.8. The summed E-state index contributed by atoms with van der Waals surface area (Å²) in [7, 11) is 0. The van der Waals surface area contributed by atoms with Crippen LogP contribution in [0, 0.1) is 20.5 Å². The van der Waals surface area contributed by atoms with Crippen LogP contribution in [-0.2, 0) is 6.54 Å². The molecule has 2 heteroatoms. The van der Waals surface area contributed by atoms with E-state index in [1.807, 2.05) is 0 Å². The fourth-order valence-corrected chi connectivity index (χ4v) is 3.43.